The predicted octanol–water partition coefficient (Wildman–Crippen LogP) is 3.13. The molecule has 1 aliphatic heterocycles. The molecule has 0 aliphatic carbocycles. The van der Waals surface area contributed by atoms with Crippen molar-refractivity contribution in [2.24, 2.45) is 0 Å². The second kappa shape index (κ2) is 7.57. The van der Waals surface area contributed by atoms with E-state index in [-0.39, 0.29) is 12.1 Å². The third kappa shape index (κ3) is 4.30. The van der Waals surface area contributed by atoms with Crippen molar-refractivity contribution < 1.29 is 9.53 Å². The van der Waals surface area contributed by atoms with Gasteiger partial charge >= 0.3 is 6.03 Å². The molecule has 1 fully saturated rings. The van der Waals surface area contributed by atoms with Gasteiger partial charge in [-0.3, -0.25) is 4.98 Å². The van der Waals surface area contributed by atoms with E-state index in [1.807, 2.05) is 36.4 Å². The van der Waals surface area contributed by atoms with Crippen LogP contribution >= 0.6 is 15.9 Å². The molecule has 2 amide bonds. The van der Waals surface area contributed by atoms with Gasteiger partial charge in [0.05, 0.1) is 13.2 Å². The maximum absolute atomic E-state index is 12.3. The number of ether oxygens (including phenoxy) is 1. The van der Waals surface area contributed by atoms with E-state index < -0.39 is 0 Å². The second-order valence-corrected chi connectivity index (χ2v) is 6.30. The molecule has 2 aromatic rings. The number of halogens is 1. The lowest BCUT2D eigenvalue weighted by atomic mass is 10.1. The van der Waals surface area contributed by atoms with Gasteiger partial charge in [-0.1, -0.05) is 34.1 Å². The van der Waals surface area contributed by atoms with Crippen molar-refractivity contribution in [1.82, 2.24) is 15.2 Å². The zero-order valence-electron chi connectivity index (χ0n) is 12.6. The van der Waals surface area contributed by atoms with E-state index in [0.29, 0.717) is 26.2 Å². The molecule has 1 N–H and O–H groups in total. The van der Waals surface area contributed by atoms with Crippen LogP contribution in [0.2, 0.25) is 0 Å². The topological polar surface area (TPSA) is 54.5 Å². The third-order valence-corrected chi connectivity index (χ3v) is 4.23. The average Bonchev–Trinajstić information content (AvgIpc) is 2.61. The highest BCUT2D eigenvalue weighted by atomic mass is 79.9. The van der Waals surface area contributed by atoms with Crippen LogP contribution < -0.4 is 5.32 Å². The van der Waals surface area contributed by atoms with Gasteiger partial charge in [-0.15, -0.1) is 0 Å². The Morgan fingerprint density at radius 1 is 1.39 bits per heavy atom. The van der Waals surface area contributed by atoms with Gasteiger partial charge in [-0.05, 0) is 29.3 Å². The molecule has 3 rings (SSSR count). The van der Waals surface area contributed by atoms with Crippen molar-refractivity contribution in [3.63, 3.8) is 0 Å². The standard InChI is InChI=1S/C17H18BrN3O2/c18-15-5-1-4-14(9-15)16-12-21(7-8-23-16)17(22)20-11-13-3-2-6-19-10-13/h1-6,9-10,16H,7-8,11-12H2,(H,20,22). The van der Waals surface area contributed by atoms with Gasteiger partial charge < -0.3 is 15.0 Å². The number of urea groups is 1. The van der Waals surface area contributed by atoms with Crippen LogP contribution in [0.1, 0.15) is 17.2 Å². The Bertz CT molecular complexity index is 666. The minimum Gasteiger partial charge on any atom is -0.370 e. The lowest BCUT2D eigenvalue weighted by Gasteiger charge is -2.33. The van der Waals surface area contributed by atoms with Crippen LogP contribution in [0.4, 0.5) is 4.79 Å². The summed E-state index contributed by atoms with van der Waals surface area (Å²) in [5, 5.41) is 2.93. The number of carbonyl (C=O) groups excluding carboxylic acids is 1. The first-order chi connectivity index (χ1) is 11.2. The minimum absolute atomic E-state index is 0.0721. The monoisotopic (exact) mass is 375 g/mol. The van der Waals surface area contributed by atoms with Crippen LogP contribution in [-0.2, 0) is 11.3 Å². The number of morpholine rings is 1. The third-order valence-electron chi connectivity index (χ3n) is 3.74. The molecule has 120 valence electrons. The van der Waals surface area contributed by atoms with Gasteiger partial charge in [-0.2, -0.15) is 0 Å². The Hall–Kier alpha value is -1.92. The molecule has 1 saturated heterocycles. The Morgan fingerprint density at radius 2 is 2.30 bits per heavy atom. The lowest BCUT2D eigenvalue weighted by molar-refractivity contribution is -0.0155. The molecule has 1 unspecified atom stereocenters. The number of rotatable bonds is 3. The molecular weight excluding hydrogens is 358 g/mol. The summed E-state index contributed by atoms with van der Waals surface area (Å²) in [4.78, 5) is 18.2. The number of carbonyl (C=O) groups is 1. The summed E-state index contributed by atoms with van der Waals surface area (Å²) >= 11 is 3.47. The van der Waals surface area contributed by atoms with Gasteiger partial charge in [0.15, 0.2) is 0 Å². The van der Waals surface area contributed by atoms with Crippen molar-refractivity contribution in [3.05, 3.63) is 64.4 Å². The largest absolute Gasteiger partial charge is 0.370 e. The first-order valence-corrected chi connectivity index (χ1v) is 8.30. The molecule has 0 saturated carbocycles. The zero-order chi connectivity index (χ0) is 16.1. The molecule has 5 nitrogen and oxygen atoms in total. The van der Waals surface area contributed by atoms with Crippen LogP contribution in [-0.4, -0.2) is 35.6 Å². The molecule has 23 heavy (non-hydrogen) atoms. The normalized spacial score (nSPS) is 17.8. The Kier molecular flexibility index (Phi) is 5.25. The summed E-state index contributed by atoms with van der Waals surface area (Å²) in [5.41, 5.74) is 2.06. The van der Waals surface area contributed by atoms with Gasteiger partial charge in [0.25, 0.3) is 0 Å². The predicted molar refractivity (Wildman–Crippen MR) is 90.9 cm³/mol. The lowest BCUT2D eigenvalue weighted by Crippen LogP contribution is -2.46. The maximum Gasteiger partial charge on any atom is 0.317 e. The van der Waals surface area contributed by atoms with Crippen LogP contribution in [0.3, 0.4) is 0 Å². The quantitative estimate of drug-likeness (QED) is 0.896. The molecule has 1 atom stereocenters. The van der Waals surface area contributed by atoms with E-state index in [1.54, 1.807) is 17.3 Å². The van der Waals surface area contributed by atoms with Gasteiger partial charge in [0.1, 0.15) is 6.10 Å². The number of nitrogens with zero attached hydrogens (tertiary/aromatic N) is 2. The molecule has 1 aliphatic rings. The summed E-state index contributed by atoms with van der Waals surface area (Å²) < 4.78 is 6.82. The van der Waals surface area contributed by atoms with Crippen LogP contribution in [0, 0.1) is 0 Å². The molecule has 2 heterocycles. The highest BCUT2D eigenvalue weighted by Crippen LogP contribution is 2.24. The summed E-state index contributed by atoms with van der Waals surface area (Å²) in [6, 6.07) is 11.7. The highest BCUT2D eigenvalue weighted by Gasteiger charge is 2.25. The fourth-order valence-electron chi connectivity index (χ4n) is 2.53. The van der Waals surface area contributed by atoms with Gasteiger partial charge in [0.2, 0.25) is 0 Å². The fraction of sp³-hybridized carbons (Fsp3) is 0.294. The molecule has 1 aromatic carbocycles. The van der Waals surface area contributed by atoms with Crippen LogP contribution in [0.15, 0.2) is 53.3 Å². The number of pyridine rings is 1. The molecular formula is C17H18BrN3O2. The summed E-state index contributed by atoms with van der Waals surface area (Å²) in [6.45, 7) is 2.17. The van der Waals surface area contributed by atoms with Crippen LogP contribution in [0.5, 0.6) is 0 Å². The number of hydrogen-bond acceptors (Lipinski definition) is 3. The number of nitrogens with one attached hydrogen (secondary N) is 1. The van der Waals surface area contributed by atoms with Crippen molar-refractivity contribution >= 4 is 22.0 Å². The van der Waals surface area contributed by atoms with E-state index >= 15 is 0 Å². The summed E-state index contributed by atoms with van der Waals surface area (Å²) in [7, 11) is 0. The maximum atomic E-state index is 12.3. The summed E-state index contributed by atoms with van der Waals surface area (Å²) in [5.74, 6) is 0. The minimum atomic E-state index is -0.0922. The molecule has 0 bridgehead atoms. The van der Waals surface area contributed by atoms with Crippen molar-refractivity contribution in [2.45, 2.75) is 12.6 Å². The molecule has 0 radical (unpaired) electrons. The van der Waals surface area contributed by atoms with E-state index in [2.05, 4.69) is 26.2 Å². The van der Waals surface area contributed by atoms with E-state index in [4.69, 9.17) is 4.74 Å². The number of benzene rings is 1. The SMILES string of the molecule is O=C(NCc1cccnc1)N1CCOC(c2cccc(Br)c2)C1. The first kappa shape index (κ1) is 16.0. The Morgan fingerprint density at radius 3 is 3.09 bits per heavy atom. The molecule has 0 spiro atoms. The smallest absolute Gasteiger partial charge is 0.317 e. The van der Waals surface area contributed by atoms with Crippen LogP contribution in [0.25, 0.3) is 0 Å². The number of hydrogen-bond donors (Lipinski definition) is 1. The fourth-order valence-corrected chi connectivity index (χ4v) is 2.95. The highest BCUT2D eigenvalue weighted by molar-refractivity contribution is 9.10. The number of amides is 2. The van der Waals surface area contributed by atoms with Crippen molar-refractivity contribution in [2.75, 3.05) is 19.7 Å². The van der Waals surface area contributed by atoms with Crippen molar-refractivity contribution in [3.8, 4) is 0 Å². The number of aromatic nitrogens is 1. The van der Waals surface area contributed by atoms with E-state index in [0.717, 1.165) is 15.6 Å². The molecule has 1 aromatic heterocycles. The van der Waals surface area contributed by atoms with E-state index in [1.165, 1.54) is 0 Å². The zero-order valence-corrected chi connectivity index (χ0v) is 14.2. The Balaban J connectivity index is 1.58. The van der Waals surface area contributed by atoms with E-state index in [9.17, 15) is 4.79 Å². The van der Waals surface area contributed by atoms with Gasteiger partial charge in [-0.25, -0.2) is 4.79 Å². The molecule has 6 heteroatoms. The average molecular weight is 376 g/mol. The van der Waals surface area contributed by atoms with Crippen molar-refractivity contribution in [1.29, 1.82) is 0 Å². The summed E-state index contributed by atoms with van der Waals surface area (Å²) in [6.07, 6.45) is 3.38. The Labute approximate surface area is 143 Å². The van der Waals surface area contributed by atoms with Gasteiger partial charge in [0, 0.05) is 30.0 Å². The first-order valence-electron chi connectivity index (χ1n) is 7.51. The second-order valence-electron chi connectivity index (χ2n) is 5.38.